The zero-order valence-corrected chi connectivity index (χ0v) is 14.5. The fourth-order valence-electron chi connectivity index (χ4n) is 1.58. The number of thiazole rings is 1. The van der Waals surface area contributed by atoms with Gasteiger partial charge in [0.05, 0.1) is 11.6 Å². The molecule has 0 fully saturated rings. The van der Waals surface area contributed by atoms with Crippen LogP contribution in [0.2, 0.25) is 5.02 Å². The topological polar surface area (TPSA) is 51.2 Å². The molecule has 1 N–H and O–H groups in total. The van der Waals surface area contributed by atoms with E-state index in [4.69, 9.17) is 16.3 Å². The molecule has 1 aromatic heterocycles. The lowest BCUT2D eigenvalue weighted by Crippen LogP contribution is -2.12. The van der Waals surface area contributed by atoms with Gasteiger partial charge in [-0.2, -0.15) is 0 Å². The van der Waals surface area contributed by atoms with E-state index in [2.05, 4.69) is 26.2 Å². The van der Waals surface area contributed by atoms with Gasteiger partial charge in [0.25, 0.3) is 0 Å². The summed E-state index contributed by atoms with van der Waals surface area (Å²) in [5, 5.41) is 4.00. The van der Waals surface area contributed by atoms with E-state index in [1.807, 2.05) is 19.1 Å². The third kappa shape index (κ3) is 5.30. The number of rotatable bonds is 6. The van der Waals surface area contributed by atoms with Crippen molar-refractivity contribution in [3.8, 4) is 5.75 Å². The number of carbonyl (C=O) groups excluding carboxylic acids is 1. The number of benzene rings is 1. The number of aryl methyl sites for hydroxylation is 1. The second-order valence-electron chi connectivity index (χ2n) is 4.35. The Morgan fingerprint density at radius 1 is 1.52 bits per heavy atom. The molecule has 0 unspecified atom stereocenters. The van der Waals surface area contributed by atoms with Crippen molar-refractivity contribution in [1.82, 2.24) is 4.98 Å². The van der Waals surface area contributed by atoms with Gasteiger partial charge in [0.15, 0.2) is 5.13 Å². The first-order valence-corrected chi connectivity index (χ1v) is 8.33. The minimum Gasteiger partial charge on any atom is -0.494 e. The summed E-state index contributed by atoms with van der Waals surface area (Å²) in [4.78, 5) is 16.9. The van der Waals surface area contributed by atoms with Gasteiger partial charge in [-0.05, 0) is 47.5 Å². The maximum atomic E-state index is 11.7. The van der Waals surface area contributed by atoms with Crippen LogP contribution in [0.15, 0.2) is 28.9 Å². The average Bonchev–Trinajstić information content (AvgIpc) is 2.84. The van der Waals surface area contributed by atoms with Crippen LogP contribution in [-0.4, -0.2) is 17.5 Å². The Morgan fingerprint density at radius 3 is 3.00 bits per heavy atom. The molecule has 1 heterocycles. The van der Waals surface area contributed by atoms with E-state index in [1.165, 1.54) is 11.3 Å². The van der Waals surface area contributed by atoms with Gasteiger partial charge < -0.3 is 10.1 Å². The molecule has 0 aliphatic carbocycles. The third-order valence-corrected chi connectivity index (χ3v) is 4.64. The van der Waals surface area contributed by atoms with Crippen molar-refractivity contribution in [3.05, 3.63) is 38.8 Å². The Kier molecular flexibility index (Phi) is 6.02. The fourth-order valence-corrected chi connectivity index (χ4v) is 2.68. The molecular formula is C14H14BrClN2O2S. The van der Waals surface area contributed by atoms with Crippen molar-refractivity contribution in [3.63, 3.8) is 0 Å². The molecular weight excluding hydrogens is 376 g/mol. The Balaban J connectivity index is 1.69. The molecule has 21 heavy (non-hydrogen) atoms. The van der Waals surface area contributed by atoms with E-state index in [9.17, 15) is 4.79 Å². The van der Waals surface area contributed by atoms with Gasteiger partial charge in [-0.25, -0.2) is 4.98 Å². The van der Waals surface area contributed by atoms with Crippen molar-refractivity contribution in [1.29, 1.82) is 0 Å². The summed E-state index contributed by atoms with van der Waals surface area (Å²) in [6.45, 7) is 2.41. The number of halogens is 2. The van der Waals surface area contributed by atoms with Crippen LogP contribution in [0, 0.1) is 6.92 Å². The summed E-state index contributed by atoms with van der Waals surface area (Å²) in [6.07, 6.45) is 2.76. The minimum atomic E-state index is -0.0539. The highest BCUT2D eigenvalue weighted by molar-refractivity contribution is 9.10. The van der Waals surface area contributed by atoms with Crippen LogP contribution in [0.25, 0.3) is 0 Å². The molecule has 112 valence electrons. The Labute approximate surface area is 140 Å². The lowest BCUT2D eigenvalue weighted by Gasteiger charge is -2.07. The van der Waals surface area contributed by atoms with E-state index in [0.717, 1.165) is 9.35 Å². The standard InChI is InChI=1S/C14H14BrClN2O2S/c1-9-8-17-14(21-9)18-13(19)3-2-6-20-10-4-5-11(15)12(16)7-10/h4-5,7-8H,2-3,6H2,1H3,(H,17,18,19). The first kappa shape index (κ1) is 16.3. The fraction of sp³-hybridized carbons (Fsp3) is 0.286. The SMILES string of the molecule is Cc1cnc(NC(=O)CCCOc2ccc(Br)c(Cl)c2)s1. The van der Waals surface area contributed by atoms with E-state index in [0.29, 0.717) is 35.4 Å². The molecule has 0 saturated carbocycles. The van der Waals surface area contributed by atoms with Gasteiger partial charge in [0.2, 0.25) is 5.91 Å². The van der Waals surface area contributed by atoms with Crippen molar-refractivity contribution in [2.45, 2.75) is 19.8 Å². The Morgan fingerprint density at radius 2 is 2.33 bits per heavy atom. The van der Waals surface area contributed by atoms with Gasteiger partial charge in [-0.15, -0.1) is 11.3 Å². The van der Waals surface area contributed by atoms with Crippen molar-refractivity contribution >= 4 is 49.9 Å². The van der Waals surface area contributed by atoms with Crippen LogP contribution >= 0.6 is 38.9 Å². The first-order chi connectivity index (χ1) is 10.0. The summed E-state index contributed by atoms with van der Waals surface area (Å²) < 4.78 is 6.38. The van der Waals surface area contributed by atoms with E-state index in [1.54, 1.807) is 12.3 Å². The average molecular weight is 390 g/mol. The smallest absolute Gasteiger partial charge is 0.226 e. The number of nitrogens with one attached hydrogen (secondary N) is 1. The highest BCUT2D eigenvalue weighted by Gasteiger charge is 2.06. The number of nitrogens with zero attached hydrogens (tertiary/aromatic N) is 1. The number of hydrogen-bond donors (Lipinski definition) is 1. The zero-order valence-electron chi connectivity index (χ0n) is 11.4. The number of hydrogen-bond acceptors (Lipinski definition) is 4. The van der Waals surface area contributed by atoms with Crippen LogP contribution in [-0.2, 0) is 4.79 Å². The van der Waals surface area contributed by atoms with Crippen molar-refractivity contribution in [2.24, 2.45) is 0 Å². The monoisotopic (exact) mass is 388 g/mol. The lowest BCUT2D eigenvalue weighted by atomic mass is 10.3. The largest absolute Gasteiger partial charge is 0.494 e. The molecule has 0 saturated heterocycles. The predicted molar refractivity (Wildman–Crippen MR) is 89.4 cm³/mol. The van der Waals surface area contributed by atoms with Crippen LogP contribution in [0.4, 0.5) is 5.13 Å². The molecule has 0 aliphatic rings. The lowest BCUT2D eigenvalue weighted by molar-refractivity contribution is -0.116. The molecule has 0 spiro atoms. The van der Waals surface area contributed by atoms with Crippen LogP contribution < -0.4 is 10.1 Å². The normalized spacial score (nSPS) is 10.4. The predicted octanol–water partition coefficient (Wildman–Crippen LogP) is 4.67. The molecule has 1 aromatic carbocycles. The van der Waals surface area contributed by atoms with Gasteiger partial charge in [0, 0.05) is 22.0 Å². The number of amides is 1. The number of aromatic nitrogens is 1. The maximum Gasteiger partial charge on any atom is 0.226 e. The Hall–Kier alpha value is -1.11. The molecule has 0 atom stereocenters. The molecule has 0 radical (unpaired) electrons. The van der Waals surface area contributed by atoms with Crippen LogP contribution in [0.1, 0.15) is 17.7 Å². The molecule has 1 amide bonds. The minimum absolute atomic E-state index is 0.0539. The molecule has 0 bridgehead atoms. The first-order valence-electron chi connectivity index (χ1n) is 6.35. The second kappa shape index (κ2) is 7.77. The third-order valence-electron chi connectivity index (χ3n) is 2.58. The highest BCUT2D eigenvalue weighted by atomic mass is 79.9. The molecule has 2 aromatic rings. The van der Waals surface area contributed by atoms with Gasteiger partial charge in [-0.1, -0.05) is 11.6 Å². The quantitative estimate of drug-likeness (QED) is 0.731. The van der Waals surface area contributed by atoms with Gasteiger partial charge >= 0.3 is 0 Å². The van der Waals surface area contributed by atoms with Crippen LogP contribution in [0.5, 0.6) is 5.75 Å². The zero-order chi connectivity index (χ0) is 15.2. The summed E-state index contributed by atoms with van der Waals surface area (Å²) in [7, 11) is 0. The van der Waals surface area contributed by atoms with Crippen LogP contribution in [0.3, 0.4) is 0 Å². The van der Waals surface area contributed by atoms with E-state index >= 15 is 0 Å². The van der Waals surface area contributed by atoms with E-state index < -0.39 is 0 Å². The van der Waals surface area contributed by atoms with Crippen molar-refractivity contribution in [2.75, 3.05) is 11.9 Å². The van der Waals surface area contributed by atoms with Gasteiger partial charge in [-0.3, -0.25) is 4.79 Å². The number of ether oxygens (including phenoxy) is 1. The number of anilines is 1. The second-order valence-corrected chi connectivity index (χ2v) is 6.85. The highest BCUT2D eigenvalue weighted by Crippen LogP contribution is 2.26. The maximum absolute atomic E-state index is 11.7. The molecule has 2 rings (SSSR count). The Bertz CT molecular complexity index is 633. The molecule has 4 nitrogen and oxygen atoms in total. The molecule has 0 aliphatic heterocycles. The molecule has 7 heteroatoms. The number of carbonyl (C=O) groups is 1. The van der Waals surface area contributed by atoms with E-state index in [-0.39, 0.29) is 5.91 Å². The summed E-state index contributed by atoms with van der Waals surface area (Å²) in [5.74, 6) is 0.640. The summed E-state index contributed by atoms with van der Waals surface area (Å²) in [6, 6.07) is 5.40. The van der Waals surface area contributed by atoms with Gasteiger partial charge in [0.1, 0.15) is 5.75 Å². The summed E-state index contributed by atoms with van der Waals surface area (Å²) >= 11 is 10.8. The summed E-state index contributed by atoms with van der Waals surface area (Å²) in [5.41, 5.74) is 0. The van der Waals surface area contributed by atoms with Crippen molar-refractivity contribution < 1.29 is 9.53 Å².